The molecule has 0 spiro atoms. The molecule has 68 valence electrons. The molecule has 1 N–H and O–H groups in total. The van der Waals surface area contributed by atoms with Gasteiger partial charge < -0.3 is 4.98 Å². The number of rotatable bonds is 1. The Labute approximate surface area is 84.1 Å². The van der Waals surface area contributed by atoms with E-state index in [0.29, 0.717) is 4.47 Å². The summed E-state index contributed by atoms with van der Waals surface area (Å²) in [4.78, 5) is 3.15. The molecule has 1 nitrogen and oxygen atoms in total. The number of H-pyrrole nitrogens is 1. The van der Waals surface area contributed by atoms with Crippen molar-refractivity contribution in [1.29, 1.82) is 0 Å². The molecule has 1 aromatic heterocycles. The lowest BCUT2D eigenvalue weighted by molar-refractivity contribution is 0.623. The first-order chi connectivity index (χ1) is 6.20. The van der Waals surface area contributed by atoms with Gasteiger partial charge >= 0.3 is 0 Å². The number of aryl methyl sites for hydroxylation is 1. The van der Waals surface area contributed by atoms with E-state index in [4.69, 9.17) is 0 Å². The lowest BCUT2D eigenvalue weighted by Gasteiger charge is -1.93. The van der Waals surface area contributed by atoms with Gasteiger partial charge in [0.25, 0.3) is 0 Å². The maximum atomic E-state index is 13.1. The van der Waals surface area contributed by atoms with Gasteiger partial charge in [0.1, 0.15) is 5.82 Å². The van der Waals surface area contributed by atoms with E-state index in [1.807, 2.05) is 6.07 Å². The van der Waals surface area contributed by atoms with Crippen LogP contribution in [0.4, 0.5) is 4.39 Å². The molecule has 0 bridgehead atoms. The summed E-state index contributed by atoms with van der Waals surface area (Å²) in [5.74, 6) is -0.225. The summed E-state index contributed by atoms with van der Waals surface area (Å²) >= 11 is 3.16. The van der Waals surface area contributed by atoms with Gasteiger partial charge in [-0.05, 0) is 40.5 Å². The van der Waals surface area contributed by atoms with Gasteiger partial charge in [-0.25, -0.2) is 4.39 Å². The normalized spacial score (nSPS) is 11.0. The van der Waals surface area contributed by atoms with E-state index in [1.165, 1.54) is 6.07 Å². The Morgan fingerprint density at radius 2 is 2.15 bits per heavy atom. The molecule has 0 aliphatic heterocycles. The SMILES string of the molecule is CCc1cc2cc(Br)c(F)cc2[nH]1. The summed E-state index contributed by atoms with van der Waals surface area (Å²) in [7, 11) is 0. The molecule has 1 heterocycles. The molecule has 2 rings (SSSR count). The molecule has 0 atom stereocenters. The number of aromatic nitrogens is 1. The number of hydrogen-bond donors (Lipinski definition) is 1. The zero-order valence-electron chi connectivity index (χ0n) is 7.20. The molecule has 0 aliphatic rings. The van der Waals surface area contributed by atoms with Crippen molar-refractivity contribution in [1.82, 2.24) is 4.98 Å². The number of benzene rings is 1. The number of aromatic amines is 1. The van der Waals surface area contributed by atoms with Crippen molar-refractivity contribution < 1.29 is 4.39 Å². The van der Waals surface area contributed by atoms with Gasteiger partial charge in [-0.15, -0.1) is 0 Å². The molecule has 0 saturated carbocycles. The minimum Gasteiger partial charge on any atom is -0.358 e. The van der Waals surface area contributed by atoms with Crippen LogP contribution in [-0.4, -0.2) is 4.98 Å². The molecular formula is C10H9BrFN. The summed E-state index contributed by atoms with van der Waals surface area (Å²) in [6, 6.07) is 5.35. The molecule has 0 fully saturated rings. The van der Waals surface area contributed by atoms with Gasteiger partial charge in [0.2, 0.25) is 0 Å². The third kappa shape index (κ3) is 1.48. The highest BCUT2D eigenvalue weighted by Gasteiger charge is 2.04. The summed E-state index contributed by atoms with van der Waals surface area (Å²) in [6.07, 6.45) is 0.938. The number of fused-ring (bicyclic) bond motifs is 1. The Hall–Kier alpha value is -0.830. The minimum absolute atomic E-state index is 0.225. The van der Waals surface area contributed by atoms with Gasteiger partial charge in [0.15, 0.2) is 0 Å². The summed E-state index contributed by atoms with van der Waals surface area (Å²) in [5, 5.41) is 1.05. The molecule has 0 unspecified atom stereocenters. The standard InChI is InChI=1S/C10H9BrFN/c1-2-7-3-6-4-8(11)9(12)5-10(6)13-7/h3-5,13H,2H2,1H3. The van der Waals surface area contributed by atoms with E-state index in [9.17, 15) is 4.39 Å². The summed E-state index contributed by atoms with van der Waals surface area (Å²) in [6.45, 7) is 2.07. The third-order valence-electron chi connectivity index (χ3n) is 2.10. The van der Waals surface area contributed by atoms with Crippen LogP contribution in [0.25, 0.3) is 10.9 Å². The topological polar surface area (TPSA) is 15.8 Å². The van der Waals surface area contributed by atoms with Crippen molar-refractivity contribution in [3.05, 3.63) is 34.2 Å². The summed E-state index contributed by atoms with van der Waals surface area (Å²) in [5.41, 5.74) is 1.99. The smallest absolute Gasteiger partial charge is 0.139 e. The Balaban J connectivity index is 2.70. The highest BCUT2D eigenvalue weighted by molar-refractivity contribution is 9.10. The highest BCUT2D eigenvalue weighted by atomic mass is 79.9. The van der Waals surface area contributed by atoms with Crippen LogP contribution < -0.4 is 0 Å². The first-order valence-corrected chi connectivity index (χ1v) is 4.96. The van der Waals surface area contributed by atoms with Crippen LogP contribution in [0.3, 0.4) is 0 Å². The van der Waals surface area contributed by atoms with Crippen LogP contribution in [0.15, 0.2) is 22.7 Å². The zero-order chi connectivity index (χ0) is 9.42. The molecule has 3 heteroatoms. The van der Waals surface area contributed by atoms with E-state index in [0.717, 1.165) is 23.0 Å². The van der Waals surface area contributed by atoms with Crippen molar-refractivity contribution in [2.75, 3.05) is 0 Å². The van der Waals surface area contributed by atoms with E-state index >= 15 is 0 Å². The fourth-order valence-corrected chi connectivity index (χ4v) is 1.74. The average Bonchev–Trinajstić information content (AvgIpc) is 2.48. The van der Waals surface area contributed by atoms with E-state index < -0.39 is 0 Å². The number of halogens is 2. The second-order valence-electron chi connectivity index (χ2n) is 3.00. The van der Waals surface area contributed by atoms with E-state index in [1.54, 1.807) is 6.07 Å². The zero-order valence-corrected chi connectivity index (χ0v) is 8.78. The Morgan fingerprint density at radius 1 is 1.38 bits per heavy atom. The van der Waals surface area contributed by atoms with E-state index in [2.05, 4.69) is 27.8 Å². The lowest BCUT2D eigenvalue weighted by Crippen LogP contribution is -1.77. The monoisotopic (exact) mass is 241 g/mol. The predicted octanol–water partition coefficient (Wildman–Crippen LogP) is 3.63. The van der Waals surface area contributed by atoms with Gasteiger partial charge in [0, 0.05) is 16.6 Å². The van der Waals surface area contributed by atoms with Gasteiger partial charge in [-0.3, -0.25) is 0 Å². The largest absolute Gasteiger partial charge is 0.358 e. The van der Waals surface area contributed by atoms with Crippen molar-refractivity contribution >= 4 is 26.8 Å². The first-order valence-electron chi connectivity index (χ1n) is 4.17. The molecule has 0 amide bonds. The van der Waals surface area contributed by atoms with Crippen LogP contribution in [0.1, 0.15) is 12.6 Å². The van der Waals surface area contributed by atoms with E-state index in [-0.39, 0.29) is 5.82 Å². The predicted molar refractivity (Wildman–Crippen MR) is 55.3 cm³/mol. The second kappa shape index (κ2) is 3.14. The van der Waals surface area contributed by atoms with Crippen molar-refractivity contribution in [2.24, 2.45) is 0 Å². The molecule has 1 aromatic carbocycles. The van der Waals surface area contributed by atoms with Crippen molar-refractivity contribution in [3.8, 4) is 0 Å². The maximum Gasteiger partial charge on any atom is 0.139 e. The van der Waals surface area contributed by atoms with Gasteiger partial charge in [0.05, 0.1) is 4.47 Å². The minimum atomic E-state index is -0.225. The summed E-state index contributed by atoms with van der Waals surface area (Å²) < 4.78 is 13.6. The van der Waals surface area contributed by atoms with Gasteiger partial charge in [-0.2, -0.15) is 0 Å². The Kier molecular flexibility index (Phi) is 2.12. The molecule has 0 saturated heterocycles. The maximum absolute atomic E-state index is 13.1. The van der Waals surface area contributed by atoms with Crippen LogP contribution in [-0.2, 0) is 6.42 Å². The highest BCUT2D eigenvalue weighted by Crippen LogP contribution is 2.23. The molecule has 0 aliphatic carbocycles. The number of hydrogen-bond acceptors (Lipinski definition) is 0. The second-order valence-corrected chi connectivity index (χ2v) is 3.86. The van der Waals surface area contributed by atoms with Crippen LogP contribution in [0, 0.1) is 5.82 Å². The fraction of sp³-hybridized carbons (Fsp3) is 0.200. The quantitative estimate of drug-likeness (QED) is 0.785. The Morgan fingerprint density at radius 3 is 2.85 bits per heavy atom. The van der Waals surface area contributed by atoms with Crippen LogP contribution in [0.5, 0.6) is 0 Å². The van der Waals surface area contributed by atoms with Crippen LogP contribution >= 0.6 is 15.9 Å². The van der Waals surface area contributed by atoms with Crippen molar-refractivity contribution in [2.45, 2.75) is 13.3 Å². The van der Waals surface area contributed by atoms with Crippen LogP contribution in [0.2, 0.25) is 0 Å². The third-order valence-corrected chi connectivity index (χ3v) is 2.71. The lowest BCUT2D eigenvalue weighted by atomic mass is 10.2. The molecule has 2 aromatic rings. The first kappa shape index (κ1) is 8.75. The fourth-order valence-electron chi connectivity index (χ4n) is 1.38. The molecular weight excluding hydrogens is 233 g/mol. The van der Waals surface area contributed by atoms with Crippen molar-refractivity contribution in [3.63, 3.8) is 0 Å². The average molecular weight is 242 g/mol. The molecule has 0 radical (unpaired) electrons. The Bertz CT molecular complexity index is 408. The number of nitrogens with one attached hydrogen (secondary N) is 1. The molecule has 13 heavy (non-hydrogen) atoms. The van der Waals surface area contributed by atoms with Gasteiger partial charge in [-0.1, -0.05) is 6.92 Å².